The minimum atomic E-state index is -1.80. The number of hydrogen-bond donors (Lipinski definition) is 16. The molecule has 446 valence electrons. The van der Waals surface area contributed by atoms with Crippen molar-refractivity contribution in [2.45, 2.75) is 247 Å². The second-order valence-electron chi connectivity index (χ2n) is 25.9. The third-order valence-corrected chi connectivity index (χ3v) is 20.3. The summed E-state index contributed by atoms with van der Waals surface area (Å²) in [6, 6.07) is 0. The fourth-order valence-corrected chi connectivity index (χ4v) is 16.0. The van der Waals surface area contributed by atoms with Crippen LogP contribution in [0.5, 0.6) is 0 Å². The lowest BCUT2D eigenvalue weighted by Crippen LogP contribution is -2.71. The molecule has 30 atom stereocenters. The third-order valence-electron chi connectivity index (χ3n) is 20.3. The Labute approximate surface area is 449 Å². The van der Waals surface area contributed by atoms with E-state index in [9.17, 15) is 81.7 Å². The van der Waals surface area contributed by atoms with Crippen molar-refractivity contribution in [3.8, 4) is 0 Å². The van der Waals surface area contributed by atoms with Crippen molar-refractivity contribution in [2.75, 3.05) is 26.4 Å². The molecular weight excluding hydrogens is 1020 g/mol. The molecule has 0 aromatic heterocycles. The Morgan fingerprint density at radius 2 is 1.12 bits per heavy atom. The van der Waals surface area contributed by atoms with Crippen LogP contribution in [0.3, 0.4) is 0 Å². The van der Waals surface area contributed by atoms with Gasteiger partial charge in [-0.1, -0.05) is 46.8 Å². The lowest BCUT2D eigenvalue weighted by molar-refractivity contribution is -0.363. The summed E-state index contributed by atoms with van der Waals surface area (Å²) < 4.78 is 49.5. The van der Waals surface area contributed by atoms with Crippen LogP contribution in [0.15, 0.2) is 12.2 Å². The van der Waals surface area contributed by atoms with Gasteiger partial charge in [-0.2, -0.15) is 0 Å². The maximum absolute atomic E-state index is 12.9. The average Bonchev–Trinajstić information content (AvgIpc) is 3.99. The SMILES string of the molecule is CC(C)(O)/C=C/CC(C)(O[C@@H]1O[C@H](CO)[C@@H](O)[C@H](O)[C@H]1O)C1CCC2(C)C1[C@H](O)CC1[C@@]3(C)CCC(O[C@@H]4O[C@H](CO[C@@H]5OC[C@@H](O)[C@H](O)[C@H]5O)[C@@H](O)[C@H](O)[C@H]4O)C(C)(C)C3C(O[C@@H]3O[C@H](CO)[C@@H](O)[C@H](O)[C@H]3O)C[C@]12C. The van der Waals surface area contributed by atoms with Gasteiger partial charge in [0, 0.05) is 0 Å². The van der Waals surface area contributed by atoms with Crippen molar-refractivity contribution >= 4 is 0 Å². The second-order valence-corrected chi connectivity index (χ2v) is 25.9. The molecule has 0 aromatic carbocycles. The van der Waals surface area contributed by atoms with Gasteiger partial charge in [0.2, 0.25) is 0 Å². The van der Waals surface area contributed by atoms with Crippen molar-refractivity contribution in [1.29, 1.82) is 0 Å². The molecule has 0 aromatic rings. The van der Waals surface area contributed by atoms with Gasteiger partial charge >= 0.3 is 0 Å². The van der Waals surface area contributed by atoms with E-state index in [1.54, 1.807) is 26.0 Å². The largest absolute Gasteiger partial charge is 0.394 e. The van der Waals surface area contributed by atoms with E-state index in [4.69, 9.17) is 37.9 Å². The summed E-state index contributed by atoms with van der Waals surface area (Å²) in [5, 5.41) is 174. The average molecular weight is 1110 g/mol. The van der Waals surface area contributed by atoms with Gasteiger partial charge in [0.25, 0.3) is 0 Å². The van der Waals surface area contributed by atoms with Gasteiger partial charge in [-0.25, -0.2) is 0 Å². The first kappa shape index (κ1) is 61.8. The maximum atomic E-state index is 12.9. The third kappa shape index (κ3) is 11.0. The quantitative estimate of drug-likeness (QED) is 0.0556. The second kappa shape index (κ2) is 22.7. The standard InChI is InChI=1S/C53H90O24/c1-48(2,69)12-9-13-53(8,77-47-42(68)37(63)34(60)27(19-55)74-47)22-10-15-51(6)31(22)23(56)16-29-50(5)14-11-30(76-46-41(67)38(64)35(61)28(75-46)21-71-44-39(65)32(58)24(57)20-70-44)49(3,4)43(50)25(17-52(29,51)7)72-45-40(66)36(62)33(59)26(18-54)73-45/h9,12,22-47,54-69H,10-11,13-21H2,1-8H3/b12-9+/t22?,23-,24-,25?,26-,27-,28-,29?,30?,31?,32+,33-,34-,35-,36+,37+,38+,39-,40-,41-,42-,43?,44+,45-,46+,47+,50-,51?,52-,53?/m1/s1. The van der Waals surface area contributed by atoms with Crippen LogP contribution in [-0.2, 0) is 37.9 Å². The van der Waals surface area contributed by atoms with E-state index in [1.165, 1.54) is 0 Å². The summed E-state index contributed by atoms with van der Waals surface area (Å²) in [6.45, 7) is 13.1. The summed E-state index contributed by atoms with van der Waals surface area (Å²) in [6.07, 6.45) is -26.8. The topological polar surface area (TPSA) is 398 Å². The highest BCUT2D eigenvalue weighted by Crippen LogP contribution is 2.76. The molecule has 8 unspecified atom stereocenters. The Morgan fingerprint density at radius 1 is 0.584 bits per heavy atom. The van der Waals surface area contributed by atoms with Gasteiger partial charge < -0.3 is 120 Å². The number of ether oxygens (including phenoxy) is 8. The summed E-state index contributed by atoms with van der Waals surface area (Å²) in [5.41, 5.74) is -5.64. The minimum Gasteiger partial charge on any atom is -0.394 e. The van der Waals surface area contributed by atoms with Gasteiger partial charge in [0.15, 0.2) is 25.2 Å². The van der Waals surface area contributed by atoms with Crippen molar-refractivity contribution < 1.29 is 120 Å². The number of fused-ring (bicyclic) bond motifs is 5. The molecule has 4 aliphatic carbocycles. The lowest BCUT2D eigenvalue weighted by atomic mass is 9.34. The first-order chi connectivity index (χ1) is 35.8. The minimum absolute atomic E-state index is 0.144. The number of aliphatic hydroxyl groups is 16. The van der Waals surface area contributed by atoms with E-state index in [-0.39, 0.29) is 31.8 Å². The molecule has 0 bridgehead atoms. The highest BCUT2D eigenvalue weighted by molar-refractivity contribution is 5.23. The van der Waals surface area contributed by atoms with Crippen LogP contribution in [0.4, 0.5) is 0 Å². The Bertz CT molecular complexity index is 2010. The van der Waals surface area contributed by atoms with Crippen molar-refractivity contribution in [3.05, 3.63) is 12.2 Å². The molecule has 0 spiro atoms. The fraction of sp³-hybridized carbons (Fsp3) is 0.962. The molecule has 8 fully saturated rings. The van der Waals surface area contributed by atoms with Crippen LogP contribution in [0, 0.1) is 45.3 Å². The molecule has 8 rings (SSSR count). The van der Waals surface area contributed by atoms with Crippen LogP contribution in [0.2, 0.25) is 0 Å². The van der Waals surface area contributed by atoms with Gasteiger partial charge in [-0.05, 0) is 111 Å². The lowest BCUT2D eigenvalue weighted by Gasteiger charge is -2.72. The van der Waals surface area contributed by atoms with Crippen LogP contribution < -0.4 is 0 Å². The van der Waals surface area contributed by atoms with E-state index < -0.39 is 205 Å². The van der Waals surface area contributed by atoms with Crippen molar-refractivity contribution in [1.82, 2.24) is 0 Å². The Morgan fingerprint density at radius 3 is 1.70 bits per heavy atom. The van der Waals surface area contributed by atoms with Crippen LogP contribution in [0.25, 0.3) is 0 Å². The molecule has 8 aliphatic rings. The molecule has 4 saturated heterocycles. The molecule has 24 heteroatoms. The molecular formula is C53H90O24. The highest BCUT2D eigenvalue weighted by atomic mass is 16.7. The van der Waals surface area contributed by atoms with Crippen molar-refractivity contribution in [2.24, 2.45) is 45.3 Å². The normalized spacial score (nSPS) is 53.1. The maximum Gasteiger partial charge on any atom is 0.187 e. The van der Waals surface area contributed by atoms with Gasteiger partial charge in [0.05, 0.1) is 55.9 Å². The van der Waals surface area contributed by atoms with E-state index in [0.29, 0.717) is 25.7 Å². The molecule has 24 nitrogen and oxygen atoms in total. The number of hydrogen-bond acceptors (Lipinski definition) is 24. The Balaban J connectivity index is 1.12. The van der Waals surface area contributed by atoms with E-state index in [0.717, 1.165) is 0 Å². The smallest absolute Gasteiger partial charge is 0.187 e. The summed E-state index contributed by atoms with van der Waals surface area (Å²) in [5.74, 6) is -1.77. The highest BCUT2D eigenvalue weighted by Gasteiger charge is 2.74. The van der Waals surface area contributed by atoms with Crippen LogP contribution >= 0.6 is 0 Å². The zero-order chi connectivity index (χ0) is 56.9. The molecule has 77 heavy (non-hydrogen) atoms. The molecule has 4 saturated carbocycles. The predicted molar refractivity (Wildman–Crippen MR) is 263 cm³/mol. The Hall–Kier alpha value is -1.22. The molecule has 0 amide bonds. The van der Waals surface area contributed by atoms with Crippen LogP contribution in [-0.4, -0.2) is 254 Å². The van der Waals surface area contributed by atoms with E-state index in [2.05, 4.69) is 20.8 Å². The molecule has 16 N–H and O–H groups in total. The van der Waals surface area contributed by atoms with Gasteiger partial charge in [-0.3, -0.25) is 0 Å². The van der Waals surface area contributed by atoms with Crippen molar-refractivity contribution in [3.63, 3.8) is 0 Å². The molecule has 4 heterocycles. The fourth-order valence-electron chi connectivity index (χ4n) is 16.0. The zero-order valence-electron chi connectivity index (χ0n) is 45.4. The first-order valence-electron chi connectivity index (χ1n) is 27.4. The van der Waals surface area contributed by atoms with E-state index in [1.807, 2.05) is 20.8 Å². The van der Waals surface area contributed by atoms with Gasteiger partial charge in [-0.15, -0.1) is 0 Å². The number of aliphatic hydroxyl groups excluding tert-OH is 15. The summed E-state index contributed by atoms with van der Waals surface area (Å²) in [7, 11) is 0. The molecule has 4 aliphatic heterocycles. The first-order valence-corrected chi connectivity index (χ1v) is 27.4. The van der Waals surface area contributed by atoms with E-state index >= 15 is 0 Å². The van der Waals surface area contributed by atoms with Crippen LogP contribution in [0.1, 0.15) is 100 Å². The number of rotatable bonds is 15. The summed E-state index contributed by atoms with van der Waals surface area (Å²) >= 11 is 0. The predicted octanol–water partition coefficient (Wildman–Crippen LogP) is -3.62. The zero-order valence-corrected chi connectivity index (χ0v) is 45.4. The monoisotopic (exact) mass is 1110 g/mol. The molecule has 0 radical (unpaired) electrons. The summed E-state index contributed by atoms with van der Waals surface area (Å²) in [4.78, 5) is 0. The van der Waals surface area contributed by atoms with Gasteiger partial charge in [0.1, 0.15) is 91.6 Å². The Kier molecular flexibility index (Phi) is 18.3.